The maximum Gasteiger partial charge on any atom is 0.320 e. The van der Waals surface area contributed by atoms with Gasteiger partial charge in [-0.1, -0.05) is 11.6 Å². The van der Waals surface area contributed by atoms with Crippen LogP contribution in [-0.4, -0.2) is 18.4 Å². The lowest BCUT2D eigenvalue weighted by Gasteiger charge is -2.14. The summed E-state index contributed by atoms with van der Waals surface area (Å²) in [6.07, 6.45) is 3.05. The number of allylic oxidation sites excluding steroid dienone is 2. The minimum atomic E-state index is -0.815. The molecule has 12 heavy (non-hydrogen) atoms. The van der Waals surface area contributed by atoms with Gasteiger partial charge < -0.3 is 4.74 Å². The van der Waals surface area contributed by atoms with Crippen LogP contribution in [0.15, 0.2) is 11.6 Å². The molecule has 0 aromatic rings. The minimum Gasteiger partial charge on any atom is -0.457 e. The van der Waals surface area contributed by atoms with Gasteiger partial charge in [0.05, 0.1) is 0 Å². The fourth-order valence-corrected chi connectivity index (χ4v) is 1.86. The van der Waals surface area contributed by atoms with Crippen molar-refractivity contribution in [1.82, 2.24) is 0 Å². The smallest absolute Gasteiger partial charge is 0.320 e. The molecule has 1 aliphatic heterocycles. The van der Waals surface area contributed by atoms with Gasteiger partial charge in [0.25, 0.3) is 0 Å². The van der Waals surface area contributed by atoms with Crippen molar-refractivity contribution in [3.05, 3.63) is 11.6 Å². The van der Waals surface area contributed by atoms with Crippen LogP contribution < -0.4 is 0 Å². The second kappa shape index (κ2) is 2.19. The van der Waals surface area contributed by atoms with E-state index in [1.54, 1.807) is 0 Å². The van der Waals surface area contributed by atoms with Crippen LogP contribution in [0.4, 0.5) is 0 Å². The molecule has 3 nitrogen and oxygen atoms in total. The predicted octanol–water partition coefficient (Wildman–Crippen LogP) is 0.839. The molecule has 1 unspecified atom stereocenters. The lowest BCUT2D eigenvalue weighted by Crippen LogP contribution is -2.30. The topological polar surface area (TPSA) is 43.4 Å². The first-order chi connectivity index (χ1) is 5.65. The van der Waals surface area contributed by atoms with Crippen LogP contribution in [0, 0.1) is 5.41 Å². The molecule has 1 fully saturated rings. The van der Waals surface area contributed by atoms with Crippen LogP contribution in [0.25, 0.3) is 0 Å². The Morgan fingerprint density at radius 2 is 2.25 bits per heavy atom. The molecule has 1 spiro atoms. The van der Waals surface area contributed by atoms with Crippen LogP contribution in [0.1, 0.15) is 19.8 Å². The van der Waals surface area contributed by atoms with Crippen molar-refractivity contribution in [2.75, 3.05) is 6.61 Å². The molecular formula is C9H10O3. The number of ketones is 1. The molecule has 0 aromatic heterocycles. The normalized spacial score (nSPS) is 34.2. The van der Waals surface area contributed by atoms with E-state index >= 15 is 0 Å². The fourth-order valence-electron chi connectivity index (χ4n) is 1.86. The molecule has 0 saturated carbocycles. The summed E-state index contributed by atoms with van der Waals surface area (Å²) in [6.45, 7) is 1.91. The lowest BCUT2D eigenvalue weighted by molar-refractivity contribution is -0.146. The highest BCUT2D eigenvalue weighted by atomic mass is 16.5. The van der Waals surface area contributed by atoms with Crippen LogP contribution >= 0.6 is 0 Å². The van der Waals surface area contributed by atoms with E-state index in [1.165, 1.54) is 0 Å². The second-order valence-corrected chi connectivity index (χ2v) is 3.51. The molecule has 1 heterocycles. The first-order valence-corrected chi connectivity index (χ1v) is 4.01. The number of esters is 1. The molecule has 0 amide bonds. The van der Waals surface area contributed by atoms with E-state index in [0.717, 1.165) is 5.57 Å². The van der Waals surface area contributed by atoms with Crippen molar-refractivity contribution in [3.63, 3.8) is 0 Å². The summed E-state index contributed by atoms with van der Waals surface area (Å²) in [5.74, 6) is -0.388. The van der Waals surface area contributed by atoms with Crippen LogP contribution in [0.2, 0.25) is 0 Å². The van der Waals surface area contributed by atoms with E-state index in [4.69, 9.17) is 4.74 Å². The third kappa shape index (κ3) is 0.763. The molecule has 2 rings (SSSR count). The first-order valence-electron chi connectivity index (χ1n) is 4.01. The summed E-state index contributed by atoms with van der Waals surface area (Å²) in [6, 6.07) is 0. The number of rotatable bonds is 0. The van der Waals surface area contributed by atoms with Gasteiger partial charge in [0, 0.05) is 0 Å². The van der Waals surface area contributed by atoms with Gasteiger partial charge in [0.15, 0.2) is 12.4 Å². The highest BCUT2D eigenvalue weighted by molar-refractivity contribution is 6.09. The third-order valence-electron chi connectivity index (χ3n) is 2.64. The summed E-state index contributed by atoms with van der Waals surface area (Å²) in [4.78, 5) is 22.7. The van der Waals surface area contributed by atoms with Crippen molar-refractivity contribution in [2.45, 2.75) is 19.8 Å². The first kappa shape index (κ1) is 7.53. The Bertz CT molecular complexity index is 272. The van der Waals surface area contributed by atoms with Crippen LogP contribution in [0.5, 0.6) is 0 Å². The van der Waals surface area contributed by atoms with Crippen LogP contribution in [0.3, 0.4) is 0 Å². The molecule has 1 saturated heterocycles. The van der Waals surface area contributed by atoms with Gasteiger partial charge in [-0.15, -0.1) is 0 Å². The Morgan fingerprint density at radius 1 is 1.50 bits per heavy atom. The second-order valence-electron chi connectivity index (χ2n) is 3.51. The van der Waals surface area contributed by atoms with Gasteiger partial charge in [0.2, 0.25) is 0 Å². The van der Waals surface area contributed by atoms with Crippen molar-refractivity contribution >= 4 is 11.8 Å². The van der Waals surface area contributed by atoms with Gasteiger partial charge in [-0.05, 0) is 19.8 Å². The Balaban J connectivity index is 2.32. The predicted molar refractivity (Wildman–Crippen MR) is 41.4 cm³/mol. The monoisotopic (exact) mass is 166 g/mol. The fraction of sp³-hybridized carbons (Fsp3) is 0.556. The van der Waals surface area contributed by atoms with Crippen molar-refractivity contribution < 1.29 is 14.3 Å². The molecule has 0 N–H and O–H groups in total. The summed E-state index contributed by atoms with van der Waals surface area (Å²) >= 11 is 0. The maximum absolute atomic E-state index is 11.4. The van der Waals surface area contributed by atoms with E-state index in [-0.39, 0.29) is 18.4 Å². The van der Waals surface area contributed by atoms with E-state index in [2.05, 4.69) is 0 Å². The van der Waals surface area contributed by atoms with E-state index in [0.29, 0.717) is 12.8 Å². The van der Waals surface area contributed by atoms with Crippen molar-refractivity contribution in [2.24, 2.45) is 5.41 Å². The quantitative estimate of drug-likeness (QED) is 0.304. The molecule has 0 bridgehead atoms. The van der Waals surface area contributed by atoms with Gasteiger partial charge in [-0.3, -0.25) is 9.59 Å². The van der Waals surface area contributed by atoms with Gasteiger partial charge in [-0.25, -0.2) is 0 Å². The van der Waals surface area contributed by atoms with E-state index in [1.807, 2.05) is 13.0 Å². The molecule has 64 valence electrons. The number of hydrogen-bond acceptors (Lipinski definition) is 3. The highest BCUT2D eigenvalue weighted by Crippen LogP contribution is 2.42. The molecule has 2 aliphatic rings. The number of carbonyl (C=O) groups is 2. The highest BCUT2D eigenvalue weighted by Gasteiger charge is 2.53. The third-order valence-corrected chi connectivity index (χ3v) is 2.64. The zero-order chi connectivity index (χ0) is 8.77. The van der Waals surface area contributed by atoms with E-state index < -0.39 is 5.41 Å². The molecule has 0 aromatic carbocycles. The van der Waals surface area contributed by atoms with Crippen LogP contribution in [-0.2, 0) is 14.3 Å². The van der Waals surface area contributed by atoms with E-state index in [9.17, 15) is 9.59 Å². The number of cyclic esters (lactones) is 1. The number of hydrogen-bond donors (Lipinski definition) is 0. The molecule has 3 heteroatoms. The summed E-state index contributed by atoms with van der Waals surface area (Å²) < 4.78 is 4.73. The van der Waals surface area contributed by atoms with Gasteiger partial charge >= 0.3 is 5.97 Å². The Hall–Kier alpha value is -1.12. The van der Waals surface area contributed by atoms with Crippen molar-refractivity contribution in [1.29, 1.82) is 0 Å². The average Bonchev–Trinajstić information content (AvgIpc) is 2.53. The Kier molecular flexibility index (Phi) is 1.37. The minimum absolute atomic E-state index is 0.0278. The SMILES string of the molecule is CC1=CCC2(C1)C(=O)COC2=O. The lowest BCUT2D eigenvalue weighted by atomic mass is 9.82. The Labute approximate surface area is 70.4 Å². The molecule has 1 aliphatic carbocycles. The number of Topliss-reactive ketones (excluding diaryl/α,β-unsaturated/α-hetero) is 1. The average molecular weight is 166 g/mol. The maximum atomic E-state index is 11.4. The zero-order valence-corrected chi connectivity index (χ0v) is 6.92. The number of ether oxygens (including phenoxy) is 1. The Morgan fingerprint density at radius 3 is 2.67 bits per heavy atom. The summed E-state index contributed by atoms with van der Waals surface area (Å²) in [5.41, 5.74) is 0.298. The zero-order valence-electron chi connectivity index (χ0n) is 6.92. The molecule has 1 atom stereocenters. The van der Waals surface area contributed by atoms with Gasteiger partial charge in [-0.2, -0.15) is 0 Å². The largest absolute Gasteiger partial charge is 0.457 e. The summed E-state index contributed by atoms with van der Waals surface area (Å²) in [7, 11) is 0. The standard InChI is InChI=1S/C9H10O3/c1-6-2-3-9(4-6)7(10)5-12-8(9)11/h2H,3-5H2,1H3. The van der Waals surface area contributed by atoms with Crippen molar-refractivity contribution in [3.8, 4) is 0 Å². The van der Waals surface area contributed by atoms with Gasteiger partial charge in [0.1, 0.15) is 5.41 Å². The summed E-state index contributed by atoms with van der Waals surface area (Å²) in [5, 5.41) is 0. The molecular weight excluding hydrogens is 156 g/mol. The number of carbonyl (C=O) groups excluding carboxylic acids is 2. The molecule has 0 radical (unpaired) electrons.